The van der Waals surface area contributed by atoms with E-state index >= 15 is 0 Å². The Bertz CT molecular complexity index is 856. The molecule has 5 heteroatoms. The number of aromatic nitrogens is 2. The maximum Gasteiger partial charge on any atom is 0.201 e. The lowest BCUT2D eigenvalue weighted by molar-refractivity contribution is 0.520. The zero-order valence-corrected chi connectivity index (χ0v) is 13.3. The average Bonchev–Trinajstić information content (AvgIpc) is 2.72. The fourth-order valence-electron chi connectivity index (χ4n) is 3.08. The van der Waals surface area contributed by atoms with Crippen LogP contribution in [0.15, 0.2) is 36.4 Å². The number of nitrogen functional groups attached to an aromatic ring is 1. The van der Waals surface area contributed by atoms with Crippen molar-refractivity contribution in [1.29, 1.82) is 0 Å². The van der Waals surface area contributed by atoms with E-state index in [2.05, 4.69) is 29.2 Å². The van der Waals surface area contributed by atoms with Crippen LogP contribution in [0, 0.1) is 9.39 Å². The average molecular weight is 393 g/mol. The van der Waals surface area contributed by atoms with E-state index in [0.717, 1.165) is 24.0 Å². The smallest absolute Gasteiger partial charge is 0.201 e. The van der Waals surface area contributed by atoms with Gasteiger partial charge >= 0.3 is 0 Å². The number of halogens is 2. The van der Waals surface area contributed by atoms with Gasteiger partial charge in [0.15, 0.2) is 0 Å². The van der Waals surface area contributed by atoms with E-state index in [1.54, 1.807) is 6.07 Å². The fraction of sp³-hybridized carbons (Fsp3) is 0.188. The van der Waals surface area contributed by atoms with Crippen LogP contribution in [0.5, 0.6) is 0 Å². The molecule has 1 heterocycles. The molecule has 1 aliphatic rings. The van der Waals surface area contributed by atoms with Crippen LogP contribution in [0.1, 0.15) is 17.0 Å². The summed E-state index contributed by atoms with van der Waals surface area (Å²) in [4.78, 5) is 4.35. The van der Waals surface area contributed by atoms with Gasteiger partial charge in [-0.25, -0.2) is 9.37 Å². The van der Waals surface area contributed by atoms with E-state index in [9.17, 15) is 4.39 Å². The van der Waals surface area contributed by atoms with Crippen LogP contribution in [0.25, 0.3) is 11.0 Å². The first-order valence-corrected chi connectivity index (χ1v) is 7.90. The van der Waals surface area contributed by atoms with E-state index in [1.165, 1.54) is 17.2 Å². The highest BCUT2D eigenvalue weighted by Crippen LogP contribution is 2.37. The summed E-state index contributed by atoms with van der Waals surface area (Å²) >= 11 is 1.97. The van der Waals surface area contributed by atoms with Crippen molar-refractivity contribution in [2.45, 2.75) is 18.9 Å². The van der Waals surface area contributed by atoms with Crippen LogP contribution in [0.4, 0.5) is 10.3 Å². The molecule has 106 valence electrons. The van der Waals surface area contributed by atoms with Crippen molar-refractivity contribution in [1.82, 2.24) is 9.55 Å². The second-order valence-electron chi connectivity index (χ2n) is 5.44. The molecule has 3 aromatic rings. The number of hydrogen-bond acceptors (Lipinski definition) is 2. The quantitative estimate of drug-likeness (QED) is 0.675. The maximum atomic E-state index is 13.8. The van der Waals surface area contributed by atoms with Crippen molar-refractivity contribution in [2.24, 2.45) is 0 Å². The summed E-state index contributed by atoms with van der Waals surface area (Å²) in [5.74, 6) is 0.664. The Morgan fingerprint density at radius 2 is 2.14 bits per heavy atom. The van der Waals surface area contributed by atoms with Gasteiger partial charge in [-0.1, -0.05) is 24.3 Å². The summed E-state index contributed by atoms with van der Waals surface area (Å²) in [7, 11) is 0. The molecule has 0 bridgehead atoms. The molecule has 0 spiro atoms. The minimum atomic E-state index is -0.224. The van der Waals surface area contributed by atoms with E-state index in [0.29, 0.717) is 15.4 Å². The highest BCUT2D eigenvalue weighted by Gasteiger charge is 2.27. The number of benzene rings is 2. The van der Waals surface area contributed by atoms with Gasteiger partial charge in [-0.15, -0.1) is 0 Å². The summed E-state index contributed by atoms with van der Waals surface area (Å²) in [5.41, 5.74) is 10.3. The fourth-order valence-corrected chi connectivity index (χ4v) is 3.53. The molecule has 1 unspecified atom stereocenters. The lowest BCUT2D eigenvalue weighted by Crippen LogP contribution is -2.22. The Balaban J connectivity index is 1.75. The Morgan fingerprint density at radius 1 is 1.33 bits per heavy atom. The van der Waals surface area contributed by atoms with Crippen molar-refractivity contribution in [3.05, 3.63) is 56.9 Å². The van der Waals surface area contributed by atoms with Gasteiger partial charge in [0, 0.05) is 18.5 Å². The van der Waals surface area contributed by atoms with Gasteiger partial charge in [-0.05, 0) is 46.2 Å². The van der Waals surface area contributed by atoms with Crippen LogP contribution in [-0.4, -0.2) is 9.55 Å². The van der Waals surface area contributed by atoms with Gasteiger partial charge < -0.3 is 10.3 Å². The van der Waals surface area contributed by atoms with Crippen molar-refractivity contribution in [2.75, 3.05) is 5.73 Å². The number of nitrogens with zero attached hydrogens (tertiary/aromatic N) is 2. The molecule has 0 fully saturated rings. The van der Waals surface area contributed by atoms with Gasteiger partial charge in [0.05, 0.1) is 14.6 Å². The molecule has 1 aliphatic carbocycles. The van der Waals surface area contributed by atoms with Crippen molar-refractivity contribution in [3.8, 4) is 0 Å². The molecule has 0 saturated heterocycles. The molecular weight excluding hydrogens is 380 g/mol. The Kier molecular flexibility index (Phi) is 2.92. The topological polar surface area (TPSA) is 43.8 Å². The molecule has 0 radical (unpaired) electrons. The summed E-state index contributed by atoms with van der Waals surface area (Å²) in [6.07, 6.45) is 1.04. The number of nitrogens with two attached hydrogens (primary N) is 1. The maximum absolute atomic E-state index is 13.8. The Labute approximate surface area is 135 Å². The number of rotatable bonds is 2. The number of anilines is 1. The Hall–Kier alpha value is -1.63. The van der Waals surface area contributed by atoms with Crippen LogP contribution < -0.4 is 5.73 Å². The molecule has 2 N–H and O–H groups in total. The predicted octanol–water partition coefficient (Wildman–Crippen LogP) is 3.70. The zero-order chi connectivity index (χ0) is 14.6. The SMILES string of the molecule is Nc1nc2cc(I)c(F)cc2n1CC1Cc2ccccc21. The molecule has 0 saturated carbocycles. The minimum absolute atomic E-state index is 0.224. The molecule has 1 atom stereocenters. The molecule has 0 amide bonds. The highest BCUT2D eigenvalue weighted by molar-refractivity contribution is 14.1. The normalized spacial score (nSPS) is 16.8. The summed E-state index contributed by atoms with van der Waals surface area (Å²) < 4.78 is 16.3. The number of imidazole rings is 1. The number of hydrogen-bond donors (Lipinski definition) is 1. The summed E-state index contributed by atoms with van der Waals surface area (Å²) in [5, 5.41) is 0. The molecule has 4 rings (SSSR count). The van der Waals surface area contributed by atoms with E-state index < -0.39 is 0 Å². The molecular formula is C16H13FIN3. The monoisotopic (exact) mass is 393 g/mol. The third-order valence-corrected chi connectivity index (χ3v) is 5.01. The van der Waals surface area contributed by atoms with Crippen LogP contribution in [0.3, 0.4) is 0 Å². The summed E-state index contributed by atoms with van der Waals surface area (Å²) in [6.45, 7) is 0.749. The summed E-state index contributed by atoms with van der Waals surface area (Å²) in [6, 6.07) is 11.7. The Morgan fingerprint density at radius 3 is 2.95 bits per heavy atom. The van der Waals surface area contributed by atoms with E-state index in [4.69, 9.17) is 5.73 Å². The molecule has 3 nitrogen and oxygen atoms in total. The molecule has 1 aromatic heterocycles. The van der Waals surface area contributed by atoms with Gasteiger partial charge in [0.1, 0.15) is 5.82 Å². The second kappa shape index (κ2) is 4.69. The molecule has 2 aromatic carbocycles. The van der Waals surface area contributed by atoms with Crippen LogP contribution in [0.2, 0.25) is 0 Å². The van der Waals surface area contributed by atoms with Crippen molar-refractivity contribution in [3.63, 3.8) is 0 Å². The van der Waals surface area contributed by atoms with Crippen molar-refractivity contribution < 1.29 is 4.39 Å². The first-order chi connectivity index (χ1) is 10.1. The lowest BCUT2D eigenvalue weighted by atomic mass is 9.77. The van der Waals surface area contributed by atoms with Gasteiger partial charge in [-0.2, -0.15) is 0 Å². The lowest BCUT2D eigenvalue weighted by Gasteiger charge is -2.30. The van der Waals surface area contributed by atoms with Gasteiger partial charge in [-0.3, -0.25) is 0 Å². The third-order valence-electron chi connectivity index (χ3n) is 4.18. The third kappa shape index (κ3) is 2.02. The first-order valence-electron chi connectivity index (χ1n) is 6.82. The second-order valence-corrected chi connectivity index (χ2v) is 6.60. The van der Waals surface area contributed by atoms with E-state index in [1.807, 2.05) is 27.2 Å². The van der Waals surface area contributed by atoms with Gasteiger partial charge in [0.25, 0.3) is 0 Å². The largest absolute Gasteiger partial charge is 0.369 e. The first kappa shape index (κ1) is 13.1. The predicted molar refractivity (Wildman–Crippen MR) is 89.7 cm³/mol. The van der Waals surface area contributed by atoms with Crippen LogP contribution >= 0.6 is 22.6 Å². The van der Waals surface area contributed by atoms with Crippen LogP contribution in [-0.2, 0) is 13.0 Å². The van der Waals surface area contributed by atoms with Crippen molar-refractivity contribution >= 4 is 39.6 Å². The standard InChI is InChI=1S/C16H13FIN3/c17-12-6-15-14(7-13(12)18)20-16(19)21(15)8-10-5-9-3-1-2-4-11(9)10/h1-4,6-7,10H,5,8H2,(H2,19,20). The molecule has 0 aliphatic heterocycles. The van der Waals surface area contributed by atoms with E-state index in [-0.39, 0.29) is 5.82 Å². The van der Waals surface area contributed by atoms with Gasteiger partial charge in [0.2, 0.25) is 5.95 Å². The zero-order valence-electron chi connectivity index (χ0n) is 11.2. The number of fused-ring (bicyclic) bond motifs is 2. The molecule has 21 heavy (non-hydrogen) atoms. The highest BCUT2D eigenvalue weighted by atomic mass is 127. The minimum Gasteiger partial charge on any atom is -0.369 e.